The molecule has 10 nitrogen and oxygen atoms in total. The number of hydrogen-bond donors (Lipinski definition) is 1. The average molecular weight is 923 g/mol. The molecule has 0 amide bonds. The zero-order valence-corrected chi connectivity index (χ0v) is 36.6. The van der Waals surface area contributed by atoms with E-state index in [1.54, 1.807) is 24.0 Å². The first-order valence-electron chi connectivity index (χ1n) is 14.6. The molecule has 0 aliphatic heterocycles. The van der Waals surface area contributed by atoms with Gasteiger partial charge < -0.3 is 52.8 Å². The Kier molecular flexibility index (Phi) is 68.1. The number of hydrogen-bond acceptors (Lipinski definition) is 8. The molecule has 0 fully saturated rings. The van der Waals surface area contributed by atoms with Crippen LogP contribution in [0.15, 0.2) is 24.3 Å². The van der Waals surface area contributed by atoms with E-state index in [0.717, 1.165) is 13.1 Å². The van der Waals surface area contributed by atoms with Crippen molar-refractivity contribution in [2.45, 2.75) is 104 Å². The van der Waals surface area contributed by atoms with E-state index >= 15 is 0 Å². The standard InChI is InChI=1S/C10H10F3N5.C7H5F3N4.C4H9N.4C2H6.4CH4.2CH3.2Y/c1-3-17(4-2)8-6-5-7-14-15-9(10(11,12)13)18(7)16-8;1-4-2-3-5-11-12-6(7(8,9)10)14(5)13-4;1-3-5-4-2;4*1-2;;;;;;;;/h5-6H,1-4H2;2-3H,1H3;5H,1-4H2;4*1-2H3;4*1H4;2*1H3;;/q-2;;-2;;;;;;;;;2*-1;2*+3. The maximum absolute atomic E-state index is 12.6. The Labute approximate surface area is 370 Å². The van der Waals surface area contributed by atoms with Crippen molar-refractivity contribution in [3.63, 3.8) is 0 Å². The van der Waals surface area contributed by atoms with Gasteiger partial charge in [-0.2, -0.15) is 40.5 Å². The Hall–Kier alpha value is -1.35. The van der Waals surface area contributed by atoms with Crippen LogP contribution in [0.3, 0.4) is 0 Å². The number of aromatic nitrogens is 8. The third-order valence-electron chi connectivity index (χ3n) is 4.37. The van der Waals surface area contributed by atoms with Gasteiger partial charge in [0.2, 0.25) is 0 Å². The predicted octanol–water partition coefficient (Wildman–Crippen LogP) is 10.9. The summed E-state index contributed by atoms with van der Waals surface area (Å²) in [5, 5.41) is 23.3. The first-order valence-corrected chi connectivity index (χ1v) is 14.6. The monoisotopic (exact) mass is 922 g/mol. The fraction of sp³-hybridized carbons (Fsp3) is 0.543. The average Bonchev–Trinajstić information content (AvgIpc) is 3.67. The minimum absolute atomic E-state index is 0. The second-order valence-electron chi connectivity index (χ2n) is 6.99. The van der Waals surface area contributed by atoms with E-state index < -0.39 is 24.0 Å². The molecule has 4 aromatic rings. The van der Waals surface area contributed by atoms with Crippen LogP contribution in [-0.2, 0) is 77.8 Å². The Morgan fingerprint density at radius 1 is 0.585 bits per heavy atom. The molecule has 0 unspecified atom stereocenters. The molecule has 4 heterocycles. The van der Waals surface area contributed by atoms with Crippen LogP contribution >= 0.6 is 0 Å². The van der Waals surface area contributed by atoms with Gasteiger partial charge in [-0.15, -0.1) is 51.7 Å². The van der Waals surface area contributed by atoms with Crippen LogP contribution in [-0.4, -0.2) is 65.8 Å². The van der Waals surface area contributed by atoms with Crippen LogP contribution in [0, 0.1) is 49.5 Å². The topological polar surface area (TPSA) is 101 Å². The molecule has 0 spiro atoms. The van der Waals surface area contributed by atoms with Crippen molar-refractivity contribution in [3.05, 3.63) is 84.2 Å². The number of fused-ring (bicyclic) bond motifs is 2. The van der Waals surface area contributed by atoms with E-state index in [1.165, 1.54) is 12.1 Å². The smallest absolute Gasteiger partial charge is 0.415 e. The summed E-state index contributed by atoms with van der Waals surface area (Å²) in [6.07, 6.45) is -9.12. The maximum atomic E-state index is 12.6. The van der Waals surface area contributed by atoms with E-state index in [1.807, 2.05) is 55.4 Å². The molecule has 0 aromatic carbocycles. The summed E-state index contributed by atoms with van der Waals surface area (Å²) in [4.78, 5) is 1.62. The minimum atomic E-state index is -4.59. The summed E-state index contributed by atoms with van der Waals surface area (Å²) in [6.45, 7) is 34.2. The van der Waals surface area contributed by atoms with E-state index in [9.17, 15) is 26.3 Å². The first-order chi connectivity index (χ1) is 21.4. The number of nitrogens with one attached hydrogen (secondary N) is 1. The van der Waals surface area contributed by atoms with Gasteiger partial charge in [0.1, 0.15) is 5.82 Å². The molecule has 0 saturated heterocycles. The van der Waals surface area contributed by atoms with E-state index in [0.29, 0.717) is 33.6 Å². The number of nitrogens with zero attached hydrogens (tertiary/aromatic N) is 9. The SMILES string of the molecule is C.C.C.C.CC.CC.CC.CC.Cc1ccc2nnc(C(F)(F)F)n2n1.[CH2-]CN(C[CH2-])c1ccc2nnc(C(F)(F)F)n2n1.[CH2-]CNC[CH2-].[CH3-].[CH3-].[Y+3].[Y+3]. The molecule has 0 atom stereocenters. The molecule has 0 saturated carbocycles. The van der Waals surface area contributed by atoms with Gasteiger partial charge in [-0.3, -0.25) is 0 Å². The third kappa shape index (κ3) is 28.7. The van der Waals surface area contributed by atoms with E-state index in [-0.39, 0.29) is 121 Å². The Balaban J connectivity index is -0.0000000508. The number of alkyl halides is 6. The van der Waals surface area contributed by atoms with Gasteiger partial charge in [0.25, 0.3) is 11.6 Å². The van der Waals surface area contributed by atoms with Crippen molar-refractivity contribution in [3.8, 4) is 0 Å². The largest absolute Gasteiger partial charge is 3.00 e. The van der Waals surface area contributed by atoms with Gasteiger partial charge >= 0.3 is 77.8 Å². The Bertz CT molecular complexity index is 1280. The third-order valence-corrected chi connectivity index (χ3v) is 4.37. The van der Waals surface area contributed by atoms with Crippen molar-refractivity contribution in [2.75, 3.05) is 31.1 Å². The molecule has 4 aromatic heterocycles. The second-order valence-corrected chi connectivity index (χ2v) is 6.99. The van der Waals surface area contributed by atoms with Crippen LogP contribution < -0.4 is 10.2 Å². The maximum Gasteiger partial charge on any atom is 3.00 e. The molecule has 308 valence electrons. The van der Waals surface area contributed by atoms with Crippen LogP contribution in [0.5, 0.6) is 0 Å². The number of halogens is 6. The number of anilines is 1. The van der Waals surface area contributed by atoms with Crippen LogP contribution in [0.25, 0.3) is 11.3 Å². The zero-order valence-electron chi connectivity index (χ0n) is 30.9. The number of rotatable bonds is 5. The molecule has 0 aliphatic carbocycles. The summed E-state index contributed by atoms with van der Waals surface area (Å²) in [5.74, 6) is -1.90. The van der Waals surface area contributed by atoms with Crippen molar-refractivity contribution in [1.82, 2.24) is 44.9 Å². The molecule has 1 N–H and O–H groups in total. The van der Waals surface area contributed by atoms with Crippen molar-refractivity contribution < 1.29 is 91.8 Å². The summed E-state index contributed by atoms with van der Waals surface area (Å²) in [5.41, 5.74) is 0.602. The van der Waals surface area contributed by atoms with Gasteiger partial charge in [-0.1, -0.05) is 85.1 Å². The second kappa shape index (κ2) is 45.0. The predicted molar refractivity (Wildman–Crippen MR) is 208 cm³/mol. The molecular weight excluding hydrogens is 852 g/mol. The van der Waals surface area contributed by atoms with Crippen LogP contribution in [0.4, 0.5) is 32.2 Å². The van der Waals surface area contributed by atoms with Crippen molar-refractivity contribution in [1.29, 1.82) is 0 Å². The van der Waals surface area contributed by atoms with E-state index in [4.69, 9.17) is 0 Å². The minimum Gasteiger partial charge on any atom is -0.415 e. The summed E-state index contributed by atoms with van der Waals surface area (Å²) in [6, 6.07) is 5.98. The summed E-state index contributed by atoms with van der Waals surface area (Å²) < 4.78 is 76.3. The molecule has 18 heteroatoms. The van der Waals surface area contributed by atoms with Gasteiger partial charge in [-0.25, -0.2) is 0 Å². The first kappa shape index (κ1) is 80.2. The quantitative estimate of drug-likeness (QED) is 0.156. The van der Waals surface area contributed by atoms with Crippen molar-refractivity contribution in [2.24, 2.45) is 0 Å². The Morgan fingerprint density at radius 3 is 1.19 bits per heavy atom. The summed E-state index contributed by atoms with van der Waals surface area (Å²) >= 11 is 0. The van der Waals surface area contributed by atoms with Crippen LogP contribution in [0.2, 0.25) is 0 Å². The zero-order chi connectivity index (χ0) is 35.8. The normalized spacial score (nSPS) is 8.58. The molecule has 4 rings (SSSR count). The van der Waals surface area contributed by atoms with Gasteiger partial charge in [0.15, 0.2) is 11.3 Å². The van der Waals surface area contributed by atoms with Crippen LogP contribution in [0.1, 0.15) is 102 Å². The molecule has 0 radical (unpaired) electrons. The Morgan fingerprint density at radius 2 is 0.906 bits per heavy atom. The van der Waals surface area contributed by atoms with E-state index in [2.05, 4.69) is 63.6 Å². The molecule has 0 bridgehead atoms. The number of aryl methyl sites for hydroxylation is 1. The summed E-state index contributed by atoms with van der Waals surface area (Å²) in [7, 11) is 0. The molecule has 0 aliphatic rings. The van der Waals surface area contributed by atoms with Gasteiger partial charge in [-0.05, 0) is 31.2 Å². The van der Waals surface area contributed by atoms with Gasteiger partial charge in [0.05, 0.1) is 5.69 Å². The fourth-order valence-electron chi connectivity index (χ4n) is 2.65. The molecular formula is C35H70F6N10Y2. The molecule has 53 heavy (non-hydrogen) atoms. The van der Waals surface area contributed by atoms with Gasteiger partial charge in [0, 0.05) is 0 Å². The van der Waals surface area contributed by atoms with Crippen molar-refractivity contribution >= 4 is 17.1 Å². The fourth-order valence-corrected chi connectivity index (χ4v) is 2.65.